The zero-order chi connectivity index (χ0) is 17.3. The number of aryl methyl sites for hydroxylation is 1. The molecule has 0 radical (unpaired) electrons. The molecule has 0 aliphatic carbocycles. The lowest BCUT2D eigenvalue weighted by atomic mass is 10.0. The maximum absolute atomic E-state index is 12.3. The Morgan fingerprint density at radius 1 is 1.40 bits per heavy atom. The molecule has 0 bridgehead atoms. The van der Waals surface area contributed by atoms with Crippen molar-refractivity contribution in [2.75, 3.05) is 0 Å². The van der Waals surface area contributed by atoms with Crippen LogP contribution in [-0.4, -0.2) is 36.6 Å². The van der Waals surface area contributed by atoms with Crippen LogP contribution in [0, 0.1) is 6.92 Å². The van der Waals surface area contributed by atoms with Crippen LogP contribution in [0.4, 0.5) is 0 Å². The van der Waals surface area contributed by atoms with E-state index in [1.54, 1.807) is 17.4 Å². The molecule has 25 heavy (non-hydrogen) atoms. The molecule has 6 nitrogen and oxygen atoms in total. The molecule has 1 atom stereocenters. The van der Waals surface area contributed by atoms with Gasteiger partial charge in [-0.25, -0.2) is 9.78 Å². The van der Waals surface area contributed by atoms with Crippen LogP contribution in [0.3, 0.4) is 0 Å². The van der Waals surface area contributed by atoms with Gasteiger partial charge in [0.2, 0.25) is 0 Å². The minimum Gasteiger partial charge on any atom is -0.477 e. The van der Waals surface area contributed by atoms with Crippen molar-refractivity contribution in [1.82, 2.24) is 14.3 Å². The van der Waals surface area contributed by atoms with Crippen molar-refractivity contribution in [3.63, 3.8) is 0 Å². The SMILES string of the molecule is Cc1cccc2sc3nc(C=C4C(=O)N5C(C(=O)O)=CS[C@H]45)cn3c12. The van der Waals surface area contributed by atoms with Crippen molar-refractivity contribution in [3.05, 3.63) is 52.3 Å². The van der Waals surface area contributed by atoms with Gasteiger partial charge in [0.1, 0.15) is 11.1 Å². The Hall–Kier alpha value is -2.58. The van der Waals surface area contributed by atoms with Crippen LogP contribution in [-0.2, 0) is 9.59 Å². The number of imidazole rings is 1. The zero-order valence-corrected chi connectivity index (χ0v) is 14.6. The number of nitrogens with zero attached hydrogens (tertiary/aromatic N) is 3. The second kappa shape index (κ2) is 4.96. The van der Waals surface area contributed by atoms with E-state index in [0.29, 0.717) is 11.3 Å². The fourth-order valence-electron chi connectivity index (χ4n) is 3.23. The van der Waals surface area contributed by atoms with Gasteiger partial charge in [-0.05, 0) is 24.6 Å². The first-order valence-electron chi connectivity index (χ1n) is 7.56. The minimum atomic E-state index is -1.08. The largest absolute Gasteiger partial charge is 0.477 e. The number of para-hydroxylation sites is 1. The molecule has 4 heterocycles. The molecule has 2 aromatic heterocycles. The summed E-state index contributed by atoms with van der Waals surface area (Å²) >= 11 is 2.94. The van der Waals surface area contributed by atoms with E-state index in [4.69, 9.17) is 5.11 Å². The summed E-state index contributed by atoms with van der Waals surface area (Å²) in [5.41, 5.74) is 3.65. The van der Waals surface area contributed by atoms with Crippen molar-refractivity contribution in [2.24, 2.45) is 0 Å². The Morgan fingerprint density at radius 2 is 2.24 bits per heavy atom. The van der Waals surface area contributed by atoms with Gasteiger partial charge in [0, 0.05) is 11.6 Å². The number of thioether (sulfide) groups is 1. The number of aromatic nitrogens is 2. The van der Waals surface area contributed by atoms with Crippen LogP contribution in [0.5, 0.6) is 0 Å². The fraction of sp³-hybridized carbons (Fsp3) is 0.118. The van der Waals surface area contributed by atoms with Gasteiger partial charge in [-0.2, -0.15) is 0 Å². The Balaban J connectivity index is 1.54. The lowest BCUT2D eigenvalue weighted by Gasteiger charge is -2.36. The maximum Gasteiger partial charge on any atom is 0.353 e. The Bertz CT molecular complexity index is 1150. The van der Waals surface area contributed by atoms with E-state index in [0.717, 1.165) is 10.5 Å². The van der Waals surface area contributed by atoms with Gasteiger partial charge >= 0.3 is 5.97 Å². The number of amides is 1. The number of carboxylic acids is 1. The van der Waals surface area contributed by atoms with Crippen LogP contribution < -0.4 is 0 Å². The molecule has 1 saturated heterocycles. The number of carbonyl (C=O) groups is 2. The summed E-state index contributed by atoms with van der Waals surface area (Å²) in [4.78, 5) is 30.2. The Kier molecular flexibility index (Phi) is 2.93. The van der Waals surface area contributed by atoms with Crippen molar-refractivity contribution in [1.29, 1.82) is 0 Å². The molecule has 8 heteroatoms. The fourth-order valence-corrected chi connectivity index (χ4v) is 5.44. The number of benzene rings is 1. The van der Waals surface area contributed by atoms with Crippen LogP contribution >= 0.6 is 23.1 Å². The molecule has 1 fully saturated rings. The van der Waals surface area contributed by atoms with Crippen LogP contribution in [0.15, 0.2) is 41.1 Å². The highest BCUT2D eigenvalue weighted by molar-refractivity contribution is 8.03. The highest BCUT2D eigenvalue weighted by Crippen LogP contribution is 2.45. The molecule has 2 aliphatic heterocycles. The summed E-state index contributed by atoms with van der Waals surface area (Å²) in [6.07, 6.45) is 3.69. The monoisotopic (exact) mass is 369 g/mol. The summed E-state index contributed by atoms with van der Waals surface area (Å²) in [6.45, 7) is 2.06. The molecule has 3 aromatic rings. The lowest BCUT2D eigenvalue weighted by molar-refractivity contribution is -0.141. The number of hydrogen-bond acceptors (Lipinski definition) is 5. The summed E-state index contributed by atoms with van der Waals surface area (Å²) in [6, 6.07) is 6.16. The van der Waals surface area contributed by atoms with E-state index in [-0.39, 0.29) is 17.0 Å². The first-order chi connectivity index (χ1) is 12.0. The average Bonchev–Trinajstić information content (AvgIpc) is 3.22. The van der Waals surface area contributed by atoms with Crippen LogP contribution in [0.1, 0.15) is 11.3 Å². The second-order valence-electron chi connectivity index (χ2n) is 5.91. The smallest absolute Gasteiger partial charge is 0.353 e. The maximum atomic E-state index is 12.3. The number of thiazole rings is 1. The molecule has 1 amide bonds. The van der Waals surface area contributed by atoms with Crippen molar-refractivity contribution >= 4 is 56.2 Å². The van der Waals surface area contributed by atoms with Crippen molar-refractivity contribution in [2.45, 2.75) is 12.3 Å². The molecule has 1 aromatic carbocycles. The van der Waals surface area contributed by atoms with Crippen molar-refractivity contribution < 1.29 is 14.7 Å². The van der Waals surface area contributed by atoms with E-state index < -0.39 is 5.97 Å². The first-order valence-corrected chi connectivity index (χ1v) is 9.32. The average molecular weight is 369 g/mol. The minimum absolute atomic E-state index is 0.0459. The van der Waals surface area contributed by atoms with Gasteiger partial charge in [0.25, 0.3) is 5.91 Å². The molecular formula is C17H11N3O3S2. The van der Waals surface area contributed by atoms with E-state index in [1.165, 1.54) is 32.3 Å². The van der Waals surface area contributed by atoms with Crippen LogP contribution in [0.2, 0.25) is 0 Å². The van der Waals surface area contributed by atoms with Crippen LogP contribution in [0.25, 0.3) is 21.3 Å². The summed E-state index contributed by atoms with van der Waals surface area (Å²) in [5, 5.41) is 10.4. The standard InChI is InChI=1S/C17H11N3O3S2/c1-8-3-2-4-12-13(8)19-6-9(18-17(19)25-12)5-10-14(21)20-11(16(22)23)7-24-15(10)20/h2-7,15H,1H3,(H,22,23)/t15-/m1/s1. The molecule has 0 saturated carbocycles. The van der Waals surface area contributed by atoms with Gasteiger partial charge < -0.3 is 5.11 Å². The van der Waals surface area contributed by atoms with E-state index in [9.17, 15) is 9.59 Å². The number of hydrogen-bond donors (Lipinski definition) is 1. The normalized spacial score (nSPS) is 21.1. The number of carboxylic acid groups (broad SMARTS) is 1. The highest BCUT2D eigenvalue weighted by atomic mass is 32.2. The molecule has 5 rings (SSSR count). The van der Waals surface area contributed by atoms with E-state index in [2.05, 4.69) is 24.0 Å². The van der Waals surface area contributed by atoms with E-state index >= 15 is 0 Å². The third-order valence-electron chi connectivity index (χ3n) is 4.39. The van der Waals surface area contributed by atoms with Gasteiger partial charge in [-0.3, -0.25) is 14.1 Å². The molecule has 124 valence electrons. The first kappa shape index (κ1) is 14.7. The number of carbonyl (C=O) groups excluding carboxylic acids is 1. The number of aliphatic carboxylic acids is 1. The predicted molar refractivity (Wildman–Crippen MR) is 97.2 cm³/mol. The van der Waals surface area contributed by atoms with Crippen molar-refractivity contribution in [3.8, 4) is 0 Å². The lowest BCUT2D eigenvalue weighted by Crippen LogP contribution is -2.51. The Morgan fingerprint density at radius 3 is 3.04 bits per heavy atom. The summed E-state index contributed by atoms with van der Waals surface area (Å²) in [5.74, 6) is -1.34. The zero-order valence-electron chi connectivity index (χ0n) is 13.0. The van der Waals surface area contributed by atoms with Gasteiger partial charge in [0.15, 0.2) is 4.96 Å². The molecule has 2 aliphatic rings. The third-order valence-corrected chi connectivity index (χ3v) is 6.49. The molecule has 0 spiro atoms. The number of rotatable bonds is 2. The number of fused-ring (bicyclic) bond motifs is 4. The topological polar surface area (TPSA) is 74.9 Å². The van der Waals surface area contributed by atoms with Gasteiger partial charge in [-0.1, -0.05) is 23.5 Å². The quantitative estimate of drug-likeness (QED) is 0.555. The second-order valence-corrected chi connectivity index (χ2v) is 7.88. The molecule has 1 N–H and O–H groups in total. The van der Waals surface area contributed by atoms with Gasteiger partial charge in [0.05, 0.1) is 21.5 Å². The summed E-state index contributed by atoms with van der Waals surface area (Å²) in [7, 11) is 0. The van der Waals surface area contributed by atoms with Gasteiger partial charge in [-0.15, -0.1) is 11.8 Å². The summed E-state index contributed by atoms with van der Waals surface area (Å²) < 4.78 is 3.22. The Labute approximate surface area is 150 Å². The predicted octanol–water partition coefficient (Wildman–Crippen LogP) is 3.08. The highest BCUT2D eigenvalue weighted by Gasteiger charge is 2.49. The van der Waals surface area contributed by atoms with E-state index in [1.807, 2.05) is 16.7 Å². The third kappa shape index (κ3) is 1.95. The number of β-lactam (4-membered cyclic amide) rings is 1. The molecule has 0 unspecified atom stereocenters. The molecular weight excluding hydrogens is 358 g/mol.